The summed E-state index contributed by atoms with van der Waals surface area (Å²) in [7, 11) is 2.16. The predicted molar refractivity (Wildman–Crippen MR) is 137 cm³/mol. The molecule has 2 aliphatic rings. The summed E-state index contributed by atoms with van der Waals surface area (Å²) >= 11 is 0. The molecule has 0 aliphatic carbocycles. The number of carbonyl (C=O) groups excluding carboxylic acids is 1. The molecule has 35 heavy (non-hydrogen) atoms. The molecular formula is C27H31N7O. The average Bonchev–Trinajstić information content (AvgIpc) is 3.13. The fourth-order valence-corrected chi connectivity index (χ4v) is 4.74. The summed E-state index contributed by atoms with van der Waals surface area (Å²) in [6.07, 6.45) is 0. The van der Waals surface area contributed by atoms with Gasteiger partial charge in [-0.3, -0.25) is 14.7 Å². The maximum Gasteiger partial charge on any atom is 0.277 e. The van der Waals surface area contributed by atoms with Crippen LogP contribution in [0.4, 0.5) is 11.5 Å². The SMILES string of the molecule is CN1CCN(Cc2ccc(C(=O)N3c4cccc5nc(C#N)nc(c45)N3CC(C)(C)C)cc2)CC1. The van der Waals surface area contributed by atoms with Gasteiger partial charge < -0.3 is 4.90 Å². The molecule has 8 nitrogen and oxygen atoms in total. The second-order valence-corrected chi connectivity index (χ2v) is 10.7. The zero-order valence-corrected chi connectivity index (χ0v) is 20.8. The number of rotatable bonds is 4. The molecule has 0 N–H and O–H groups in total. The van der Waals surface area contributed by atoms with E-state index in [-0.39, 0.29) is 17.1 Å². The van der Waals surface area contributed by atoms with Crippen molar-refractivity contribution >= 4 is 28.3 Å². The molecule has 1 aromatic heterocycles. The second kappa shape index (κ2) is 8.91. The first kappa shape index (κ1) is 23.2. The quantitative estimate of drug-likeness (QED) is 0.577. The number of carbonyl (C=O) groups is 1. The lowest BCUT2D eigenvalue weighted by Crippen LogP contribution is -2.48. The Morgan fingerprint density at radius 2 is 1.74 bits per heavy atom. The fourth-order valence-electron chi connectivity index (χ4n) is 4.74. The van der Waals surface area contributed by atoms with Crippen molar-refractivity contribution in [3.8, 4) is 6.07 Å². The lowest BCUT2D eigenvalue weighted by atomic mass is 9.96. The van der Waals surface area contributed by atoms with Crippen molar-refractivity contribution in [2.24, 2.45) is 5.41 Å². The number of aromatic nitrogens is 2. The largest absolute Gasteiger partial charge is 0.304 e. The van der Waals surface area contributed by atoms with Crippen molar-refractivity contribution in [2.45, 2.75) is 27.3 Å². The van der Waals surface area contributed by atoms with Crippen molar-refractivity contribution in [2.75, 3.05) is 49.8 Å². The summed E-state index contributed by atoms with van der Waals surface area (Å²) in [5, 5.41) is 13.9. The van der Waals surface area contributed by atoms with E-state index in [4.69, 9.17) is 0 Å². The lowest BCUT2D eigenvalue weighted by Gasteiger charge is -2.35. The van der Waals surface area contributed by atoms with Gasteiger partial charge in [-0.05, 0) is 42.3 Å². The van der Waals surface area contributed by atoms with Crippen molar-refractivity contribution in [1.29, 1.82) is 5.26 Å². The van der Waals surface area contributed by atoms with Gasteiger partial charge in [0, 0.05) is 44.8 Å². The van der Waals surface area contributed by atoms with Crippen LogP contribution in [0.1, 0.15) is 42.5 Å². The van der Waals surface area contributed by atoms with E-state index < -0.39 is 0 Å². The van der Waals surface area contributed by atoms with E-state index in [2.05, 4.69) is 65.8 Å². The first-order valence-corrected chi connectivity index (χ1v) is 12.1. The van der Waals surface area contributed by atoms with Crippen LogP contribution in [0.25, 0.3) is 10.9 Å². The second-order valence-electron chi connectivity index (χ2n) is 10.7. The maximum atomic E-state index is 13.9. The minimum absolute atomic E-state index is 0.103. The van der Waals surface area contributed by atoms with Crippen LogP contribution in [0.5, 0.6) is 0 Å². The summed E-state index contributed by atoms with van der Waals surface area (Å²) < 4.78 is 0. The van der Waals surface area contributed by atoms with Gasteiger partial charge in [0.2, 0.25) is 5.82 Å². The molecule has 0 atom stereocenters. The molecule has 8 heteroatoms. The number of piperazine rings is 1. The van der Waals surface area contributed by atoms with Crippen LogP contribution in [0.3, 0.4) is 0 Å². The molecule has 180 valence electrons. The predicted octanol–water partition coefficient (Wildman–Crippen LogP) is 3.68. The molecule has 5 rings (SSSR count). The number of amides is 1. The lowest BCUT2D eigenvalue weighted by molar-refractivity contribution is 0.0983. The van der Waals surface area contributed by atoms with Gasteiger partial charge in [-0.2, -0.15) is 10.2 Å². The Morgan fingerprint density at radius 1 is 1.03 bits per heavy atom. The Morgan fingerprint density at radius 3 is 2.40 bits per heavy atom. The molecule has 0 saturated carbocycles. The zero-order chi connectivity index (χ0) is 24.7. The van der Waals surface area contributed by atoms with Gasteiger partial charge in [0.25, 0.3) is 5.91 Å². The van der Waals surface area contributed by atoms with Crippen molar-refractivity contribution in [3.63, 3.8) is 0 Å². The highest BCUT2D eigenvalue weighted by Gasteiger charge is 2.38. The third-order valence-corrected chi connectivity index (χ3v) is 6.52. The number of anilines is 2. The zero-order valence-electron chi connectivity index (χ0n) is 20.8. The highest BCUT2D eigenvalue weighted by atomic mass is 16.2. The molecule has 1 amide bonds. The summed E-state index contributed by atoms with van der Waals surface area (Å²) in [5.41, 5.74) is 3.12. The number of hydrazine groups is 1. The van der Waals surface area contributed by atoms with Gasteiger partial charge in [-0.25, -0.2) is 9.99 Å². The van der Waals surface area contributed by atoms with Crippen LogP contribution >= 0.6 is 0 Å². The van der Waals surface area contributed by atoms with E-state index in [1.54, 1.807) is 5.01 Å². The van der Waals surface area contributed by atoms with Crippen LogP contribution < -0.4 is 10.0 Å². The molecule has 1 saturated heterocycles. The van der Waals surface area contributed by atoms with Gasteiger partial charge in [0.15, 0.2) is 5.82 Å². The average molecular weight is 470 g/mol. The molecule has 0 spiro atoms. The third-order valence-electron chi connectivity index (χ3n) is 6.52. The highest BCUT2D eigenvalue weighted by Crippen LogP contribution is 2.43. The number of hydrogen-bond acceptors (Lipinski definition) is 7. The van der Waals surface area contributed by atoms with Crippen LogP contribution in [0, 0.1) is 16.7 Å². The maximum absolute atomic E-state index is 13.9. The Labute approximate surface area is 206 Å². The standard InChI is InChI=1S/C27H31N7O/c1-27(2,3)18-33-25-24-21(29-23(16-28)30-25)6-5-7-22(24)34(33)26(35)20-10-8-19(9-11-20)17-32-14-12-31(4)13-15-32/h5-11H,12-15,17-18H2,1-4H3. The van der Waals surface area contributed by atoms with Crippen molar-refractivity contribution in [1.82, 2.24) is 19.8 Å². The van der Waals surface area contributed by atoms with Gasteiger partial charge in [0.05, 0.1) is 16.6 Å². The Balaban J connectivity index is 1.46. The Hall–Kier alpha value is -3.54. The van der Waals surface area contributed by atoms with Crippen molar-refractivity contribution in [3.05, 3.63) is 59.4 Å². The Bertz CT molecular complexity index is 1300. The number of hydrogen-bond donors (Lipinski definition) is 0. The molecule has 1 fully saturated rings. The van der Waals surface area contributed by atoms with E-state index in [1.165, 1.54) is 5.56 Å². The fraction of sp³-hybridized carbons (Fsp3) is 0.407. The number of nitriles is 1. The topological polar surface area (TPSA) is 79.6 Å². The van der Waals surface area contributed by atoms with E-state index in [1.807, 2.05) is 35.3 Å². The molecule has 2 aliphatic heterocycles. The molecular weight excluding hydrogens is 438 g/mol. The number of benzene rings is 2. The van der Waals surface area contributed by atoms with Crippen LogP contribution in [-0.2, 0) is 6.54 Å². The molecule has 3 heterocycles. The van der Waals surface area contributed by atoms with Crippen LogP contribution in [0.2, 0.25) is 0 Å². The first-order valence-electron chi connectivity index (χ1n) is 12.1. The summed E-state index contributed by atoms with van der Waals surface area (Å²) in [6, 6.07) is 15.6. The molecule has 0 bridgehead atoms. The van der Waals surface area contributed by atoms with E-state index in [9.17, 15) is 10.1 Å². The van der Waals surface area contributed by atoms with Crippen LogP contribution in [0.15, 0.2) is 42.5 Å². The summed E-state index contributed by atoms with van der Waals surface area (Å²) in [5.74, 6) is 0.590. The van der Waals surface area contributed by atoms with Crippen LogP contribution in [-0.4, -0.2) is 65.4 Å². The Kier molecular flexibility index (Phi) is 5.91. The van der Waals surface area contributed by atoms with E-state index in [0.717, 1.165) is 43.8 Å². The molecule has 2 aromatic carbocycles. The smallest absolute Gasteiger partial charge is 0.277 e. The molecule has 3 aromatic rings. The minimum Gasteiger partial charge on any atom is -0.304 e. The third kappa shape index (κ3) is 4.57. The molecule has 0 unspecified atom stereocenters. The molecule has 0 radical (unpaired) electrons. The normalized spacial score (nSPS) is 16.7. The van der Waals surface area contributed by atoms with Gasteiger partial charge in [-0.15, -0.1) is 0 Å². The van der Waals surface area contributed by atoms with Gasteiger partial charge in [0.1, 0.15) is 6.07 Å². The summed E-state index contributed by atoms with van der Waals surface area (Å²) in [6.45, 7) is 12.1. The van der Waals surface area contributed by atoms with Gasteiger partial charge in [-0.1, -0.05) is 39.0 Å². The highest BCUT2D eigenvalue weighted by molar-refractivity contribution is 6.17. The van der Waals surface area contributed by atoms with Crippen molar-refractivity contribution < 1.29 is 4.79 Å². The number of nitrogens with zero attached hydrogens (tertiary/aromatic N) is 7. The monoisotopic (exact) mass is 469 g/mol. The summed E-state index contributed by atoms with van der Waals surface area (Å²) in [4.78, 5) is 27.6. The number of likely N-dealkylation sites (N-methyl/N-ethyl adjacent to an activating group) is 1. The van der Waals surface area contributed by atoms with E-state index >= 15 is 0 Å². The van der Waals surface area contributed by atoms with Gasteiger partial charge >= 0.3 is 0 Å². The van der Waals surface area contributed by atoms with E-state index in [0.29, 0.717) is 23.4 Å². The minimum atomic E-state index is -0.121. The first-order chi connectivity index (χ1) is 16.7.